The molecule has 0 saturated heterocycles. The summed E-state index contributed by atoms with van der Waals surface area (Å²) in [4.78, 5) is 16.5. The van der Waals surface area contributed by atoms with Gasteiger partial charge in [0.2, 0.25) is 5.95 Å². The molecule has 1 atom stereocenters. The van der Waals surface area contributed by atoms with Gasteiger partial charge >= 0.3 is 0 Å². The minimum atomic E-state index is -2.56. The van der Waals surface area contributed by atoms with Crippen molar-refractivity contribution < 1.29 is 14.0 Å². The minimum absolute atomic E-state index is 0.0162. The maximum absolute atomic E-state index is 11.9. The largest absolute Gasteiger partial charge is 0.489 e. The number of carbonyl (C=O) groups is 1. The van der Waals surface area contributed by atoms with Crippen LogP contribution < -0.4 is 20.8 Å². The summed E-state index contributed by atoms with van der Waals surface area (Å²) >= 11 is 0. The van der Waals surface area contributed by atoms with E-state index in [1.54, 1.807) is 19.1 Å². The van der Waals surface area contributed by atoms with Crippen molar-refractivity contribution in [2.24, 2.45) is 0 Å². The second-order valence-electron chi connectivity index (χ2n) is 10.9. The zero-order chi connectivity index (χ0) is 26.2. The third-order valence-electron chi connectivity index (χ3n) is 7.40. The first kappa shape index (κ1) is 25.2. The molecule has 1 aliphatic rings. The fraction of sp³-hybridized carbons (Fsp3) is 0.333. The molecule has 1 aliphatic heterocycles. The van der Waals surface area contributed by atoms with Gasteiger partial charge in [0.25, 0.3) is 8.32 Å². The van der Waals surface area contributed by atoms with Gasteiger partial charge in [-0.15, -0.1) is 0 Å². The van der Waals surface area contributed by atoms with Gasteiger partial charge in [0.05, 0.1) is 11.6 Å². The fourth-order valence-electron chi connectivity index (χ4n) is 5.67. The van der Waals surface area contributed by atoms with Crippen molar-refractivity contribution >= 4 is 41.5 Å². The Bertz CT molecular complexity index is 1370. The summed E-state index contributed by atoms with van der Waals surface area (Å²) < 4.78 is 15.2. The Morgan fingerprint density at radius 3 is 2.27 bits per heavy atom. The average Bonchev–Trinajstić information content (AvgIpc) is 3.22. The predicted molar refractivity (Wildman–Crippen MR) is 151 cm³/mol. The molecule has 6 nitrogen and oxygen atoms in total. The molecule has 3 aromatic carbocycles. The highest BCUT2D eigenvalue weighted by molar-refractivity contribution is 6.99. The van der Waals surface area contributed by atoms with Gasteiger partial charge in [-0.2, -0.15) is 0 Å². The molecule has 0 saturated carbocycles. The third kappa shape index (κ3) is 4.47. The van der Waals surface area contributed by atoms with Gasteiger partial charge < -0.3 is 19.5 Å². The first-order valence-electron chi connectivity index (χ1n) is 12.9. The number of carbonyl (C=O) groups excluding carboxylic acids is 1. The Labute approximate surface area is 219 Å². The molecule has 0 fully saturated rings. The molecule has 0 radical (unpaired) electrons. The molecule has 37 heavy (non-hydrogen) atoms. The minimum Gasteiger partial charge on any atom is -0.489 e. The molecule has 192 valence electrons. The van der Waals surface area contributed by atoms with Gasteiger partial charge in [-0.25, -0.2) is 4.98 Å². The fourth-order valence-corrected chi connectivity index (χ4v) is 10.3. The molecule has 0 amide bonds. The maximum atomic E-state index is 11.9. The zero-order valence-corrected chi connectivity index (χ0v) is 23.0. The Hall–Kier alpha value is -3.42. The van der Waals surface area contributed by atoms with Crippen molar-refractivity contribution in [3.05, 3.63) is 78.4 Å². The lowest BCUT2D eigenvalue weighted by molar-refractivity contribution is 0.101. The van der Waals surface area contributed by atoms with E-state index < -0.39 is 8.32 Å². The summed E-state index contributed by atoms with van der Waals surface area (Å²) in [6.45, 7) is 9.56. The van der Waals surface area contributed by atoms with E-state index in [0.29, 0.717) is 36.0 Å². The Morgan fingerprint density at radius 1 is 1.08 bits per heavy atom. The molecule has 0 bridgehead atoms. The lowest BCUT2D eigenvalue weighted by atomic mass is 10.1. The third-order valence-corrected chi connectivity index (χ3v) is 12.4. The molecule has 7 heteroatoms. The van der Waals surface area contributed by atoms with Crippen molar-refractivity contribution in [2.45, 2.75) is 51.6 Å². The average molecular weight is 514 g/mol. The summed E-state index contributed by atoms with van der Waals surface area (Å²) in [5.41, 5.74) is 8.51. The van der Waals surface area contributed by atoms with Gasteiger partial charge in [-0.1, -0.05) is 81.4 Å². The van der Waals surface area contributed by atoms with Crippen LogP contribution in [0, 0.1) is 0 Å². The van der Waals surface area contributed by atoms with Crippen LogP contribution >= 0.6 is 0 Å². The van der Waals surface area contributed by atoms with E-state index in [0.717, 1.165) is 18.4 Å². The number of Topliss-reactive ketones (excluding diaryl/α,β-unsaturated/α-hetero) is 1. The van der Waals surface area contributed by atoms with Crippen LogP contribution in [0.3, 0.4) is 0 Å². The van der Waals surface area contributed by atoms with Crippen LogP contribution in [0.2, 0.25) is 5.04 Å². The molecule has 2 N–H and O–H groups in total. The molecular formula is C30H35N3O3Si. The second kappa shape index (κ2) is 9.80. The molecular weight excluding hydrogens is 478 g/mol. The lowest BCUT2D eigenvalue weighted by Gasteiger charge is -2.43. The van der Waals surface area contributed by atoms with Crippen molar-refractivity contribution in [3.8, 4) is 5.75 Å². The number of imidazole rings is 1. The van der Waals surface area contributed by atoms with E-state index in [4.69, 9.17) is 14.9 Å². The van der Waals surface area contributed by atoms with Crippen LogP contribution in [0.25, 0.3) is 11.0 Å². The van der Waals surface area contributed by atoms with Crippen LogP contribution in [0.15, 0.2) is 72.8 Å². The summed E-state index contributed by atoms with van der Waals surface area (Å²) in [5, 5.41) is 2.51. The SMILES string of the molecule is CC(=O)c1cc2c3c(c1)nc(N)n3[C@@H](CCCO[Si](c1ccccc1)(c1ccccc1)C(C)(C)C)CO2. The second-order valence-corrected chi connectivity index (χ2v) is 15.2. The van der Waals surface area contributed by atoms with E-state index in [1.165, 1.54) is 10.4 Å². The Morgan fingerprint density at radius 2 is 1.70 bits per heavy atom. The molecule has 4 aromatic rings. The number of benzene rings is 3. The standard InChI is InChI=1S/C30H35N3O3Si/c1-21(34)22-18-26-28-27(19-22)35-20-23(33(28)29(31)32-26)12-11-17-36-37(30(2,3)4,24-13-7-5-8-14-24)25-15-9-6-10-16-25/h5-10,13-16,18-19,23H,11-12,17,20H2,1-4H3,(H2,31,32)/t23-/m0/s1. The molecule has 0 aliphatic carbocycles. The number of hydrogen-bond donors (Lipinski definition) is 1. The zero-order valence-electron chi connectivity index (χ0n) is 22.0. The van der Waals surface area contributed by atoms with Crippen molar-refractivity contribution in [1.82, 2.24) is 9.55 Å². The molecule has 1 aromatic heterocycles. The molecule has 0 spiro atoms. The highest BCUT2D eigenvalue weighted by atomic mass is 28.4. The summed E-state index contributed by atoms with van der Waals surface area (Å²) in [6, 6.07) is 25.1. The Balaban J connectivity index is 1.39. The van der Waals surface area contributed by atoms with Gasteiger partial charge in [0.1, 0.15) is 17.9 Å². The van der Waals surface area contributed by atoms with Crippen LogP contribution in [0.5, 0.6) is 5.75 Å². The first-order chi connectivity index (χ1) is 17.7. The topological polar surface area (TPSA) is 79.4 Å². The van der Waals surface area contributed by atoms with Crippen molar-refractivity contribution in [2.75, 3.05) is 18.9 Å². The number of hydrogen-bond acceptors (Lipinski definition) is 5. The number of nitrogens with zero attached hydrogens (tertiary/aromatic N) is 2. The summed E-state index contributed by atoms with van der Waals surface area (Å²) in [6.07, 6.45) is 1.71. The monoisotopic (exact) mass is 513 g/mol. The van der Waals surface area contributed by atoms with Crippen molar-refractivity contribution in [3.63, 3.8) is 0 Å². The van der Waals surface area contributed by atoms with E-state index in [1.807, 2.05) is 0 Å². The van der Waals surface area contributed by atoms with Crippen LogP contribution in [-0.2, 0) is 4.43 Å². The van der Waals surface area contributed by atoms with E-state index in [9.17, 15) is 4.79 Å². The number of aromatic nitrogens is 2. The Kier molecular flexibility index (Phi) is 6.68. The normalized spacial score (nSPS) is 15.5. The van der Waals surface area contributed by atoms with Crippen molar-refractivity contribution in [1.29, 1.82) is 0 Å². The smallest absolute Gasteiger partial charge is 0.261 e. The number of anilines is 1. The van der Waals surface area contributed by atoms with Crippen LogP contribution in [0.4, 0.5) is 5.95 Å². The van der Waals surface area contributed by atoms with Gasteiger partial charge in [-0.05, 0) is 47.3 Å². The highest BCUT2D eigenvalue weighted by Crippen LogP contribution is 2.39. The maximum Gasteiger partial charge on any atom is 0.261 e. The predicted octanol–water partition coefficient (Wildman–Crippen LogP) is 5.11. The van der Waals surface area contributed by atoms with Gasteiger partial charge in [0, 0.05) is 12.2 Å². The van der Waals surface area contributed by atoms with E-state index in [2.05, 4.69) is 91.0 Å². The number of nitrogens with two attached hydrogens (primary N) is 1. The van der Waals surface area contributed by atoms with Crippen LogP contribution in [-0.4, -0.2) is 36.9 Å². The molecule has 2 heterocycles. The summed E-state index contributed by atoms with van der Waals surface area (Å²) in [7, 11) is -2.56. The number of ketones is 1. The summed E-state index contributed by atoms with van der Waals surface area (Å²) in [5.74, 6) is 1.11. The van der Waals surface area contributed by atoms with Crippen LogP contribution in [0.1, 0.15) is 56.9 Å². The highest BCUT2D eigenvalue weighted by Gasteiger charge is 2.50. The lowest BCUT2D eigenvalue weighted by Crippen LogP contribution is -2.66. The quantitative estimate of drug-likeness (QED) is 0.201. The molecule has 0 unspecified atom stereocenters. The number of nitrogen functional groups attached to an aromatic ring is 1. The van der Waals surface area contributed by atoms with Gasteiger partial charge in [0.15, 0.2) is 5.78 Å². The first-order valence-corrected chi connectivity index (χ1v) is 14.8. The number of ether oxygens (including phenoxy) is 1. The number of rotatable bonds is 8. The van der Waals surface area contributed by atoms with Gasteiger partial charge in [-0.3, -0.25) is 4.79 Å². The van der Waals surface area contributed by atoms with E-state index >= 15 is 0 Å². The van der Waals surface area contributed by atoms with E-state index in [-0.39, 0.29) is 16.9 Å². The molecule has 5 rings (SSSR count).